The number of hydrogen-bond acceptors (Lipinski definition) is 4. The molecular weight excluding hydrogens is 380 g/mol. The minimum absolute atomic E-state index is 0.216. The van der Waals surface area contributed by atoms with E-state index in [-0.39, 0.29) is 5.91 Å². The standard InChI is InChI=1S/C23H38N4O3/c1-5-29-13-14-30-21-15-18(2)8-9-20(21)16-26-23(24-4)25-11-10-22(28)27-12-6-7-19(3)17-27/h8-9,15,19H,5-7,10-14,16-17H2,1-4H3,(H2,24,25,26). The molecular formula is C23H38N4O3. The maximum absolute atomic E-state index is 12.4. The Balaban J connectivity index is 1.78. The van der Waals surface area contributed by atoms with E-state index in [1.807, 2.05) is 24.8 Å². The summed E-state index contributed by atoms with van der Waals surface area (Å²) in [7, 11) is 1.73. The van der Waals surface area contributed by atoms with Crippen molar-refractivity contribution in [3.05, 3.63) is 29.3 Å². The SMILES string of the molecule is CCOCCOc1cc(C)ccc1CNC(=NC)NCCC(=O)N1CCCC(C)C1. The molecule has 30 heavy (non-hydrogen) atoms. The van der Waals surface area contributed by atoms with Crippen molar-refractivity contribution in [2.75, 3.05) is 46.5 Å². The van der Waals surface area contributed by atoms with Crippen LogP contribution in [0.5, 0.6) is 5.75 Å². The molecule has 0 radical (unpaired) electrons. The first-order valence-electron chi connectivity index (χ1n) is 11.1. The zero-order valence-electron chi connectivity index (χ0n) is 19.0. The molecule has 1 atom stereocenters. The van der Waals surface area contributed by atoms with Crippen molar-refractivity contribution >= 4 is 11.9 Å². The smallest absolute Gasteiger partial charge is 0.224 e. The minimum atomic E-state index is 0.216. The second-order valence-corrected chi connectivity index (χ2v) is 7.85. The topological polar surface area (TPSA) is 75.2 Å². The van der Waals surface area contributed by atoms with E-state index in [4.69, 9.17) is 9.47 Å². The first kappa shape index (κ1) is 24.0. The number of rotatable bonds is 10. The van der Waals surface area contributed by atoms with Crippen LogP contribution < -0.4 is 15.4 Å². The lowest BCUT2D eigenvalue weighted by Crippen LogP contribution is -2.42. The van der Waals surface area contributed by atoms with Crippen LogP contribution in [-0.2, 0) is 16.1 Å². The lowest BCUT2D eigenvalue weighted by Gasteiger charge is -2.31. The zero-order chi connectivity index (χ0) is 21.8. The number of carbonyl (C=O) groups excluding carboxylic acids is 1. The summed E-state index contributed by atoms with van der Waals surface area (Å²) in [5.41, 5.74) is 2.21. The Kier molecular flexibility index (Phi) is 10.5. The molecule has 0 aliphatic carbocycles. The molecule has 1 saturated heterocycles. The summed E-state index contributed by atoms with van der Waals surface area (Å²) in [4.78, 5) is 18.7. The van der Waals surface area contributed by atoms with Gasteiger partial charge in [-0.25, -0.2) is 0 Å². The van der Waals surface area contributed by atoms with Crippen LogP contribution in [0, 0.1) is 12.8 Å². The maximum atomic E-state index is 12.4. The number of carbonyl (C=O) groups is 1. The van der Waals surface area contributed by atoms with Gasteiger partial charge in [0, 0.05) is 51.8 Å². The molecule has 0 saturated carbocycles. The Morgan fingerprint density at radius 3 is 2.87 bits per heavy atom. The number of ether oxygens (including phenoxy) is 2. The van der Waals surface area contributed by atoms with Crippen molar-refractivity contribution in [2.45, 2.75) is 46.6 Å². The van der Waals surface area contributed by atoms with E-state index in [9.17, 15) is 4.79 Å². The number of piperidine rings is 1. The van der Waals surface area contributed by atoms with Gasteiger partial charge in [0.15, 0.2) is 5.96 Å². The van der Waals surface area contributed by atoms with Crippen molar-refractivity contribution in [3.8, 4) is 5.75 Å². The van der Waals surface area contributed by atoms with Crippen molar-refractivity contribution in [1.29, 1.82) is 0 Å². The lowest BCUT2D eigenvalue weighted by atomic mass is 10.00. The highest BCUT2D eigenvalue weighted by Crippen LogP contribution is 2.20. The second kappa shape index (κ2) is 13.1. The Morgan fingerprint density at radius 2 is 2.13 bits per heavy atom. The van der Waals surface area contributed by atoms with Crippen LogP contribution in [0.1, 0.15) is 44.2 Å². The molecule has 0 spiro atoms. The first-order chi connectivity index (χ1) is 14.5. The molecule has 7 heteroatoms. The van der Waals surface area contributed by atoms with Gasteiger partial charge in [0.05, 0.1) is 6.61 Å². The fourth-order valence-corrected chi connectivity index (χ4v) is 3.56. The van der Waals surface area contributed by atoms with E-state index in [0.29, 0.717) is 51.2 Å². The van der Waals surface area contributed by atoms with E-state index < -0.39 is 0 Å². The zero-order valence-corrected chi connectivity index (χ0v) is 19.0. The minimum Gasteiger partial charge on any atom is -0.491 e. The van der Waals surface area contributed by atoms with E-state index >= 15 is 0 Å². The second-order valence-electron chi connectivity index (χ2n) is 7.85. The van der Waals surface area contributed by atoms with Crippen LogP contribution in [0.2, 0.25) is 0 Å². The van der Waals surface area contributed by atoms with Gasteiger partial charge >= 0.3 is 0 Å². The third kappa shape index (κ3) is 8.22. The molecule has 2 rings (SSSR count). The van der Waals surface area contributed by atoms with Crippen LogP contribution in [-0.4, -0.2) is 63.3 Å². The van der Waals surface area contributed by atoms with E-state index in [1.165, 1.54) is 6.42 Å². The summed E-state index contributed by atoms with van der Waals surface area (Å²) in [6, 6.07) is 6.17. The summed E-state index contributed by atoms with van der Waals surface area (Å²) in [5, 5.41) is 6.55. The average molecular weight is 419 g/mol. The van der Waals surface area contributed by atoms with E-state index in [2.05, 4.69) is 34.7 Å². The predicted octanol–water partition coefficient (Wildman–Crippen LogP) is 2.72. The number of aliphatic imine (C=N–C) groups is 1. The summed E-state index contributed by atoms with van der Waals surface area (Å²) < 4.78 is 11.3. The van der Waals surface area contributed by atoms with Crippen LogP contribution in [0.15, 0.2) is 23.2 Å². The number of amides is 1. The fourth-order valence-electron chi connectivity index (χ4n) is 3.56. The van der Waals surface area contributed by atoms with Gasteiger partial charge in [0.1, 0.15) is 12.4 Å². The Labute approximate surface area is 181 Å². The molecule has 1 amide bonds. The van der Waals surface area contributed by atoms with Gasteiger partial charge in [0.2, 0.25) is 5.91 Å². The number of hydrogen-bond donors (Lipinski definition) is 2. The molecule has 2 N–H and O–H groups in total. The van der Waals surface area contributed by atoms with Crippen LogP contribution in [0.3, 0.4) is 0 Å². The summed E-state index contributed by atoms with van der Waals surface area (Å²) >= 11 is 0. The molecule has 1 aromatic carbocycles. The average Bonchev–Trinajstić information content (AvgIpc) is 2.74. The predicted molar refractivity (Wildman–Crippen MR) is 121 cm³/mol. The Bertz CT molecular complexity index is 693. The normalized spacial score (nSPS) is 17.0. The largest absolute Gasteiger partial charge is 0.491 e. The quantitative estimate of drug-likeness (QED) is 0.347. The van der Waals surface area contributed by atoms with Gasteiger partial charge in [0.25, 0.3) is 0 Å². The molecule has 7 nitrogen and oxygen atoms in total. The molecule has 1 unspecified atom stereocenters. The highest BCUT2D eigenvalue weighted by atomic mass is 16.5. The first-order valence-corrected chi connectivity index (χ1v) is 11.1. The summed E-state index contributed by atoms with van der Waals surface area (Å²) in [6.45, 7) is 10.9. The third-order valence-corrected chi connectivity index (χ3v) is 5.22. The number of aryl methyl sites for hydroxylation is 1. The van der Waals surface area contributed by atoms with Crippen LogP contribution >= 0.6 is 0 Å². The highest BCUT2D eigenvalue weighted by molar-refractivity contribution is 5.81. The molecule has 1 heterocycles. The van der Waals surface area contributed by atoms with Gasteiger partial charge < -0.3 is 25.0 Å². The van der Waals surface area contributed by atoms with Crippen LogP contribution in [0.4, 0.5) is 0 Å². The van der Waals surface area contributed by atoms with Gasteiger partial charge in [-0.3, -0.25) is 9.79 Å². The highest BCUT2D eigenvalue weighted by Gasteiger charge is 2.20. The van der Waals surface area contributed by atoms with Crippen molar-refractivity contribution in [3.63, 3.8) is 0 Å². The van der Waals surface area contributed by atoms with Gasteiger partial charge in [-0.2, -0.15) is 0 Å². The summed E-state index contributed by atoms with van der Waals surface area (Å²) in [6.07, 6.45) is 2.80. The Hall–Kier alpha value is -2.28. The van der Waals surface area contributed by atoms with E-state index in [0.717, 1.165) is 36.4 Å². The lowest BCUT2D eigenvalue weighted by molar-refractivity contribution is -0.132. The number of nitrogens with one attached hydrogen (secondary N) is 2. The number of benzene rings is 1. The summed E-state index contributed by atoms with van der Waals surface area (Å²) in [5.74, 6) is 2.35. The van der Waals surface area contributed by atoms with Gasteiger partial charge in [-0.15, -0.1) is 0 Å². The molecule has 1 aliphatic rings. The maximum Gasteiger partial charge on any atom is 0.224 e. The van der Waals surface area contributed by atoms with Crippen LogP contribution in [0.25, 0.3) is 0 Å². The molecule has 1 aliphatic heterocycles. The Morgan fingerprint density at radius 1 is 1.30 bits per heavy atom. The van der Waals surface area contributed by atoms with Gasteiger partial charge in [-0.05, 0) is 44.2 Å². The van der Waals surface area contributed by atoms with Gasteiger partial charge in [-0.1, -0.05) is 19.1 Å². The fraction of sp³-hybridized carbons (Fsp3) is 0.652. The molecule has 0 bridgehead atoms. The van der Waals surface area contributed by atoms with Crippen molar-refractivity contribution in [1.82, 2.24) is 15.5 Å². The molecule has 168 valence electrons. The molecule has 0 aromatic heterocycles. The number of nitrogens with zero attached hydrogens (tertiary/aromatic N) is 2. The monoisotopic (exact) mass is 418 g/mol. The van der Waals surface area contributed by atoms with E-state index in [1.54, 1.807) is 7.05 Å². The van der Waals surface area contributed by atoms with Crippen molar-refractivity contribution in [2.24, 2.45) is 10.9 Å². The van der Waals surface area contributed by atoms with Crippen molar-refractivity contribution < 1.29 is 14.3 Å². The number of likely N-dealkylation sites (tertiary alicyclic amines) is 1. The number of guanidine groups is 1. The third-order valence-electron chi connectivity index (χ3n) is 5.22. The molecule has 1 aromatic rings. The molecule has 1 fully saturated rings.